The van der Waals surface area contributed by atoms with Crippen LogP contribution in [0.1, 0.15) is 43.2 Å². The van der Waals surface area contributed by atoms with E-state index in [1.165, 1.54) is 0 Å². The third kappa shape index (κ3) is 2.98. The Morgan fingerprint density at radius 1 is 1.25 bits per heavy atom. The highest BCUT2D eigenvalue weighted by Crippen LogP contribution is 2.18. The van der Waals surface area contributed by atoms with Gasteiger partial charge in [-0.2, -0.15) is 0 Å². The molecule has 2 aromatic heterocycles. The molecule has 2 aromatic rings. The molecule has 0 bridgehead atoms. The predicted molar refractivity (Wildman–Crippen MR) is 81.0 cm³/mol. The van der Waals surface area contributed by atoms with Crippen LogP contribution in [0.2, 0.25) is 0 Å². The van der Waals surface area contributed by atoms with E-state index in [1.54, 1.807) is 0 Å². The van der Waals surface area contributed by atoms with Crippen LogP contribution in [-0.4, -0.2) is 26.6 Å². The number of imidazole rings is 1. The molecule has 0 aliphatic heterocycles. The van der Waals surface area contributed by atoms with Gasteiger partial charge in [0.15, 0.2) is 0 Å². The van der Waals surface area contributed by atoms with Gasteiger partial charge in [0.1, 0.15) is 17.5 Å². The van der Waals surface area contributed by atoms with E-state index in [9.17, 15) is 0 Å². The van der Waals surface area contributed by atoms with Gasteiger partial charge in [-0.05, 0) is 13.3 Å². The van der Waals surface area contributed by atoms with E-state index in [-0.39, 0.29) is 0 Å². The molecule has 108 valence electrons. The fraction of sp³-hybridized carbons (Fsp3) is 0.533. The molecule has 0 fully saturated rings. The Bertz CT molecular complexity index is 574. The van der Waals surface area contributed by atoms with Crippen molar-refractivity contribution in [1.82, 2.24) is 19.5 Å². The first-order chi connectivity index (χ1) is 9.69. The zero-order valence-corrected chi connectivity index (χ0v) is 12.8. The van der Waals surface area contributed by atoms with Gasteiger partial charge in [-0.15, -0.1) is 0 Å². The molecule has 0 amide bonds. The van der Waals surface area contributed by atoms with E-state index in [2.05, 4.69) is 45.6 Å². The Hall–Kier alpha value is -1.91. The first kappa shape index (κ1) is 14.5. The molecule has 1 N–H and O–H groups in total. The summed E-state index contributed by atoms with van der Waals surface area (Å²) in [7, 11) is 1.90. The number of rotatable bonds is 6. The maximum absolute atomic E-state index is 4.67. The predicted octanol–water partition coefficient (Wildman–Crippen LogP) is 2.59. The minimum Gasteiger partial charge on any atom is -0.373 e. The Labute approximate surface area is 120 Å². The zero-order chi connectivity index (χ0) is 14.5. The van der Waals surface area contributed by atoms with Crippen molar-refractivity contribution in [2.24, 2.45) is 0 Å². The normalized spacial score (nSPS) is 10.8. The summed E-state index contributed by atoms with van der Waals surface area (Å²) in [5.41, 5.74) is 2.17. The standard InChI is InChI=1S/C15H23N5/c1-5-8-20-9-7-17-14(20)10-12-11(3)15(16-4)19-13(6-2)18-12/h7,9H,5-6,8,10H2,1-4H3,(H,16,18,19). The molecule has 2 rings (SSSR count). The van der Waals surface area contributed by atoms with Crippen molar-refractivity contribution in [2.75, 3.05) is 12.4 Å². The van der Waals surface area contributed by atoms with Crippen molar-refractivity contribution < 1.29 is 0 Å². The maximum Gasteiger partial charge on any atom is 0.132 e. The molecule has 0 spiro atoms. The number of aryl methyl sites for hydroxylation is 2. The van der Waals surface area contributed by atoms with Crippen molar-refractivity contribution >= 4 is 5.82 Å². The third-order valence-corrected chi connectivity index (χ3v) is 3.44. The fourth-order valence-corrected chi connectivity index (χ4v) is 2.29. The van der Waals surface area contributed by atoms with E-state index in [0.717, 1.165) is 54.5 Å². The Kier molecular flexibility index (Phi) is 4.71. The molecule has 0 atom stereocenters. The summed E-state index contributed by atoms with van der Waals surface area (Å²) in [5.74, 6) is 2.86. The molecule has 2 heterocycles. The molecule has 0 unspecified atom stereocenters. The van der Waals surface area contributed by atoms with E-state index >= 15 is 0 Å². The summed E-state index contributed by atoms with van der Waals surface area (Å²) < 4.78 is 2.20. The highest BCUT2D eigenvalue weighted by atomic mass is 15.1. The van der Waals surface area contributed by atoms with Gasteiger partial charge in [0.05, 0.1) is 5.69 Å². The number of nitrogens with one attached hydrogen (secondary N) is 1. The van der Waals surface area contributed by atoms with Gasteiger partial charge < -0.3 is 9.88 Å². The molecular weight excluding hydrogens is 250 g/mol. The summed E-state index contributed by atoms with van der Waals surface area (Å²) in [6.45, 7) is 7.31. The Morgan fingerprint density at radius 2 is 2.05 bits per heavy atom. The van der Waals surface area contributed by atoms with Crippen molar-refractivity contribution in [3.63, 3.8) is 0 Å². The van der Waals surface area contributed by atoms with Crippen molar-refractivity contribution in [1.29, 1.82) is 0 Å². The van der Waals surface area contributed by atoms with Gasteiger partial charge in [-0.3, -0.25) is 0 Å². The monoisotopic (exact) mass is 273 g/mol. The van der Waals surface area contributed by atoms with Crippen LogP contribution in [0.3, 0.4) is 0 Å². The van der Waals surface area contributed by atoms with E-state index in [1.807, 2.05) is 19.4 Å². The highest BCUT2D eigenvalue weighted by molar-refractivity contribution is 5.46. The SMILES string of the molecule is CCCn1ccnc1Cc1nc(CC)nc(NC)c1C. The molecule has 0 saturated heterocycles. The minimum absolute atomic E-state index is 0.753. The average Bonchev–Trinajstić information content (AvgIpc) is 2.89. The number of hydrogen-bond acceptors (Lipinski definition) is 4. The Morgan fingerprint density at radius 3 is 2.70 bits per heavy atom. The van der Waals surface area contributed by atoms with Crippen LogP contribution < -0.4 is 5.32 Å². The second-order valence-electron chi connectivity index (χ2n) is 4.88. The summed E-state index contributed by atoms with van der Waals surface area (Å²) in [6, 6.07) is 0. The van der Waals surface area contributed by atoms with Gasteiger partial charge in [0, 0.05) is 44.4 Å². The zero-order valence-electron chi connectivity index (χ0n) is 12.8. The maximum atomic E-state index is 4.67. The van der Waals surface area contributed by atoms with Gasteiger partial charge in [0.25, 0.3) is 0 Å². The lowest BCUT2D eigenvalue weighted by atomic mass is 10.1. The lowest BCUT2D eigenvalue weighted by Gasteiger charge is -2.12. The lowest BCUT2D eigenvalue weighted by molar-refractivity contribution is 0.643. The van der Waals surface area contributed by atoms with E-state index in [4.69, 9.17) is 0 Å². The molecule has 0 saturated carbocycles. The van der Waals surface area contributed by atoms with Crippen LogP contribution in [0.25, 0.3) is 0 Å². The first-order valence-electron chi connectivity index (χ1n) is 7.23. The van der Waals surface area contributed by atoms with Crippen LogP contribution in [0.15, 0.2) is 12.4 Å². The van der Waals surface area contributed by atoms with Gasteiger partial charge in [-0.25, -0.2) is 15.0 Å². The Balaban J connectivity index is 2.34. The molecule has 0 aromatic carbocycles. The first-order valence-corrected chi connectivity index (χ1v) is 7.23. The van der Waals surface area contributed by atoms with Crippen molar-refractivity contribution in [3.05, 3.63) is 35.3 Å². The second kappa shape index (κ2) is 6.50. The molecule has 0 radical (unpaired) electrons. The average molecular weight is 273 g/mol. The van der Waals surface area contributed by atoms with Crippen LogP contribution >= 0.6 is 0 Å². The molecule has 5 nitrogen and oxygen atoms in total. The molecule has 0 aliphatic carbocycles. The van der Waals surface area contributed by atoms with Gasteiger partial charge in [0.2, 0.25) is 0 Å². The van der Waals surface area contributed by atoms with Crippen molar-refractivity contribution in [3.8, 4) is 0 Å². The van der Waals surface area contributed by atoms with Gasteiger partial charge >= 0.3 is 0 Å². The highest BCUT2D eigenvalue weighted by Gasteiger charge is 2.12. The number of aromatic nitrogens is 4. The summed E-state index contributed by atoms with van der Waals surface area (Å²) in [6.07, 6.45) is 6.60. The largest absolute Gasteiger partial charge is 0.373 e. The summed E-state index contributed by atoms with van der Waals surface area (Å²) in [5, 5.41) is 3.15. The topological polar surface area (TPSA) is 55.6 Å². The number of nitrogens with zero attached hydrogens (tertiary/aromatic N) is 4. The number of hydrogen-bond donors (Lipinski definition) is 1. The van der Waals surface area contributed by atoms with Crippen LogP contribution in [0.4, 0.5) is 5.82 Å². The summed E-state index contributed by atoms with van der Waals surface area (Å²) >= 11 is 0. The molecule has 20 heavy (non-hydrogen) atoms. The van der Waals surface area contributed by atoms with E-state index in [0.29, 0.717) is 0 Å². The molecule has 0 aliphatic rings. The third-order valence-electron chi connectivity index (χ3n) is 3.44. The fourth-order valence-electron chi connectivity index (χ4n) is 2.29. The summed E-state index contributed by atoms with van der Waals surface area (Å²) in [4.78, 5) is 13.6. The van der Waals surface area contributed by atoms with Crippen LogP contribution in [-0.2, 0) is 19.4 Å². The number of anilines is 1. The minimum atomic E-state index is 0.753. The molecular formula is C15H23N5. The van der Waals surface area contributed by atoms with E-state index < -0.39 is 0 Å². The van der Waals surface area contributed by atoms with Crippen molar-refractivity contribution in [2.45, 2.75) is 46.6 Å². The quantitative estimate of drug-likeness (QED) is 0.879. The van der Waals surface area contributed by atoms with Crippen LogP contribution in [0.5, 0.6) is 0 Å². The molecule has 5 heteroatoms. The second-order valence-corrected chi connectivity index (χ2v) is 4.88. The van der Waals surface area contributed by atoms with Crippen LogP contribution in [0, 0.1) is 6.92 Å². The smallest absolute Gasteiger partial charge is 0.132 e. The van der Waals surface area contributed by atoms with Gasteiger partial charge in [-0.1, -0.05) is 13.8 Å². The lowest BCUT2D eigenvalue weighted by Crippen LogP contribution is -2.10.